The van der Waals surface area contributed by atoms with Crippen LogP contribution in [-0.4, -0.2) is 0 Å². The van der Waals surface area contributed by atoms with E-state index in [-0.39, 0.29) is 0 Å². The van der Waals surface area contributed by atoms with Gasteiger partial charge < -0.3 is 0 Å². The maximum atomic E-state index is 4.34. The van der Waals surface area contributed by atoms with Gasteiger partial charge in [0.1, 0.15) is 0 Å². The predicted molar refractivity (Wildman–Crippen MR) is 183 cm³/mol. The highest BCUT2D eigenvalue weighted by atomic mass is 14.2. The maximum Gasteiger partial charge on any atom is -0.00141 e. The predicted octanol–water partition coefficient (Wildman–Crippen LogP) is 11.9. The number of hydrogen-bond donors (Lipinski definition) is 0. The Morgan fingerprint density at radius 3 is 2.02 bits per heavy atom. The Kier molecular flexibility index (Phi) is 7.48. The van der Waals surface area contributed by atoms with E-state index < -0.39 is 0 Å². The molecule has 0 amide bonds. The second kappa shape index (κ2) is 11.7. The van der Waals surface area contributed by atoms with Gasteiger partial charge in [-0.05, 0) is 96.7 Å². The van der Waals surface area contributed by atoms with Crippen LogP contribution in [0.4, 0.5) is 0 Å². The van der Waals surface area contributed by atoms with Crippen molar-refractivity contribution in [1.82, 2.24) is 0 Å². The van der Waals surface area contributed by atoms with Crippen molar-refractivity contribution in [3.05, 3.63) is 157 Å². The topological polar surface area (TPSA) is 0 Å². The molecule has 0 heterocycles. The molecule has 41 heavy (non-hydrogen) atoms. The Bertz CT molecular complexity index is 2030. The molecule has 0 saturated carbocycles. The van der Waals surface area contributed by atoms with Crippen LogP contribution in [0.25, 0.3) is 66.4 Å². The van der Waals surface area contributed by atoms with E-state index in [1.807, 2.05) is 12.2 Å². The smallest absolute Gasteiger partial charge is 0.00141 e. The molecule has 0 nitrogen and oxygen atoms in total. The maximum absolute atomic E-state index is 4.34. The average molecular weight is 527 g/mol. The minimum atomic E-state index is 0.937. The van der Waals surface area contributed by atoms with E-state index in [1.54, 1.807) is 6.08 Å². The van der Waals surface area contributed by atoms with Crippen molar-refractivity contribution < 1.29 is 0 Å². The fourth-order valence-corrected chi connectivity index (χ4v) is 6.30. The summed E-state index contributed by atoms with van der Waals surface area (Å²) < 4.78 is 0. The standard InChI is InChI=1S/C41H34/c1-4-7-8-9-10-11-23-34-31(6-3)36(18-5-2)41(37-25-17-16-24-35(34)37)40-33-22-15-13-20-30(33)28-39-32-21-14-12-19-29(32)26-27-38(39)40/h4-10,12-22,24-28H,1,3,11,23H2,2H3/b8-7-,10-9-,18-5-. The molecule has 0 atom stereocenters. The van der Waals surface area contributed by atoms with Crippen LogP contribution in [0, 0.1) is 0 Å². The van der Waals surface area contributed by atoms with Crippen molar-refractivity contribution in [2.75, 3.05) is 0 Å². The van der Waals surface area contributed by atoms with Gasteiger partial charge in [0.05, 0.1) is 0 Å². The molecule has 198 valence electrons. The van der Waals surface area contributed by atoms with Crippen LogP contribution in [-0.2, 0) is 6.42 Å². The summed E-state index contributed by atoms with van der Waals surface area (Å²) in [6.07, 6.45) is 18.5. The van der Waals surface area contributed by atoms with E-state index in [0.717, 1.165) is 12.8 Å². The largest absolute Gasteiger partial charge is 0.0991 e. The summed E-state index contributed by atoms with van der Waals surface area (Å²) in [6, 6.07) is 33.4. The first-order chi connectivity index (χ1) is 20.3. The lowest BCUT2D eigenvalue weighted by Gasteiger charge is -2.22. The first kappa shape index (κ1) is 26.3. The molecule has 0 N–H and O–H groups in total. The lowest BCUT2D eigenvalue weighted by Crippen LogP contribution is -2.00. The van der Waals surface area contributed by atoms with Crippen molar-refractivity contribution in [3.8, 4) is 11.1 Å². The Hall–Kier alpha value is -4.94. The summed E-state index contributed by atoms with van der Waals surface area (Å²) in [7, 11) is 0. The van der Waals surface area contributed by atoms with Gasteiger partial charge in [-0.1, -0.05) is 147 Å². The summed E-state index contributed by atoms with van der Waals surface area (Å²) in [4.78, 5) is 0. The van der Waals surface area contributed by atoms with Gasteiger partial charge >= 0.3 is 0 Å². The molecule has 0 unspecified atom stereocenters. The average Bonchev–Trinajstić information content (AvgIpc) is 3.02. The van der Waals surface area contributed by atoms with Crippen molar-refractivity contribution in [3.63, 3.8) is 0 Å². The summed E-state index contributed by atoms with van der Waals surface area (Å²) in [5.74, 6) is 0. The van der Waals surface area contributed by atoms with Gasteiger partial charge in [-0.3, -0.25) is 0 Å². The van der Waals surface area contributed by atoms with Crippen molar-refractivity contribution >= 4 is 55.2 Å². The van der Waals surface area contributed by atoms with Gasteiger partial charge in [0, 0.05) is 0 Å². The molecule has 6 rings (SSSR count). The quantitative estimate of drug-likeness (QED) is 0.105. The third-order valence-electron chi connectivity index (χ3n) is 8.02. The van der Waals surface area contributed by atoms with Gasteiger partial charge in [0.25, 0.3) is 0 Å². The van der Waals surface area contributed by atoms with Gasteiger partial charge in [-0.2, -0.15) is 0 Å². The van der Waals surface area contributed by atoms with E-state index in [4.69, 9.17) is 0 Å². The summed E-state index contributed by atoms with van der Waals surface area (Å²) >= 11 is 0. The molecule has 0 saturated heterocycles. The van der Waals surface area contributed by atoms with Crippen LogP contribution in [0.15, 0.2) is 141 Å². The third kappa shape index (κ3) is 4.72. The molecule has 0 spiro atoms. The first-order valence-electron chi connectivity index (χ1n) is 14.4. The normalized spacial score (nSPS) is 12.1. The number of benzene rings is 6. The Balaban J connectivity index is 1.74. The Morgan fingerprint density at radius 2 is 1.27 bits per heavy atom. The zero-order valence-corrected chi connectivity index (χ0v) is 23.6. The van der Waals surface area contributed by atoms with Crippen LogP contribution >= 0.6 is 0 Å². The first-order valence-corrected chi connectivity index (χ1v) is 14.4. The van der Waals surface area contributed by atoms with Crippen molar-refractivity contribution in [2.24, 2.45) is 0 Å². The molecule has 6 aromatic rings. The van der Waals surface area contributed by atoms with E-state index >= 15 is 0 Å². The molecular weight excluding hydrogens is 492 g/mol. The molecule has 0 heteroatoms. The highest BCUT2D eigenvalue weighted by molar-refractivity contribution is 6.23. The van der Waals surface area contributed by atoms with Crippen molar-refractivity contribution in [2.45, 2.75) is 19.8 Å². The minimum Gasteiger partial charge on any atom is -0.0991 e. The highest BCUT2D eigenvalue weighted by Crippen LogP contribution is 2.46. The van der Waals surface area contributed by atoms with Crippen LogP contribution in [0.2, 0.25) is 0 Å². The Morgan fingerprint density at radius 1 is 0.585 bits per heavy atom. The van der Waals surface area contributed by atoms with Crippen molar-refractivity contribution in [1.29, 1.82) is 0 Å². The molecule has 0 aliphatic rings. The zero-order chi connectivity index (χ0) is 28.2. The van der Waals surface area contributed by atoms with E-state index in [1.165, 1.54) is 70.9 Å². The fourth-order valence-electron chi connectivity index (χ4n) is 6.30. The summed E-state index contributed by atoms with van der Waals surface area (Å²) in [5.41, 5.74) is 6.36. The second-order valence-corrected chi connectivity index (χ2v) is 10.4. The van der Waals surface area contributed by atoms with Gasteiger partial charge in [0.2, 0.25) is 0 Å². The number of rotatable bonds is 8. The lowest BCUT2D eigenvalue weighted by molar-refractivity contribution is 1.01. The van der Waals surface area contributed by atoms with E-state index in [0.29, 0.717) is 0 Å². The number of hydrogen-bond acceptors (Lipinski definition) is 0. The number of aryl methyl sites for hydroxylation is 1. The molecule has 0 aliphatic heterocycles. The molecule has 0 aliphatic carbocycles. The number of fused-ring (bicyclic) bond motifs is 5. The van der Waals surface area contributed by atoms with Gasteiger partial charge in [-0.15, -0.1) is 0 Å². The second-order valence-electron chi connectivity index (χ2n) is 10.4. The minimum absolute atomic E-state index is 0.937. The van der Waals surface area contributed by atoms with Crippen LogP contribution < -0.4 is 0 Å². The zero-order valence-electron chi connectivity index (χ0n) is 23.6. The monoisotopic (exact) mass is 526 g/mol. The van der Waals surface area contributed by atoms with Gasteiger partial charge in [-0.25, -0.2) is 0 Å². The molecular formula is C41H34. The highest BCUT2D eigenvalue weighted by Gasteiger charge is 2.21. The third-order valence-corrected chi connectivity index (χ3v) is 8.02. The fraction of sp³-hybridized carbons (Fsp3) is 0.0732. The lowest BCUT2D eigenvalue weighted by atomic mass is 9.81. The SMILES string of the molecule is C=C/C=C\C=C/CCc1c(C=C)c(/C=C\C)c(-c2c3ccccc3cc3c2ccc2ccccc23)c2ccccc12. The van der Waals surface area contributed by atoms with E-state index in [9.17, 15) is 0 Å². The molecule has 6 aromatic carbocycles. The summed E-state index contributed by atoms with van der Waals surface area (Å²) in [5, 5.41) is 10.2. The molecule has 0 radical (unpaired) electrons. The van der Waals surface area contributed by atoms with Crippen LogP contribution in [0.1, 0.15) is 30.0 Å². The number of allylic oxidation sites excluding steroid dienone is 6. The van der Waals surface area contributed by atoms with Crippen LogP contribution in [0.5, 0.6) is 0 Å². The van der Waals surface area contributed by atoms with E-state index in [2.05, 4.69) is 141 Å². The van der Waals surface area contributed by atoms with Crippen LogP contribution in [0.3, 0.4) is 0 Å². The summed E-state index contributed by atoms with van der Waals surface area (Å²) in [6.45, 7) is 10.2. The van der Waals surface area contributed by atoms with Gasteiger partial charge in [0.15, 0.2) is 0 Å². The molecule has 0 aromatic heterocycles. The molecule has 0 fully saturated rings. The Labute approximate surface area is 243 Å². The molecule has 0 bridgehead atoms.